The SMILES string of the molecule is COc1cccc(C(=O)N2CC3CCC(N)C3C2)c1OC(F)F.Cl. The fourth-order valence-corrected chi connectivity index (χ4v) is 3.70. The van der Waals surface area contributed by atoms with E-state index in [1.54, 1.807) is 11.0 Å². The van der Waals surface area contributed by atoms with E-state index < -0.39 is 6.61 Å². The number of fused-ring (bicyclic) bond motifs is 1. The molecule has 5 nitrogen and oxygen atoms in total. The first-order valence-corrected chi connectivity index (χ1v) is 7.68. The van der Waals surface area contributed by atoms with Crippen molar-refractivity contribution in [2.24, 2.45) is 17.6 Å². The van der Waals surface area contributed by atoms with Crippen LogP contribution in [0.2, 0.25) is 0 Å². The number of para-hydroxylation sites is 1. The topological polar surface area (TPSA) is 64.8 Å². The van der Waals surface area contributed by atoms with Gasteiger partial charge in [-0.25, -0.2) is 0 Å². The number of carbonyl (C=O) groups excluding carboxylic acids is 1. The van der Waals surface area contributed by atoms with Crippen LogP contribution in [0.3, 0.4) is 0 Å². The van der Waals surface area contributed by atoms with Crippen molar-refractivity contribution in [1.82, 2.24) is 4.90 Å². The van der Waals surface area contributed by atoms with E-state index in [0.29, 0.717) is 24.9 Å². The van der Waals surface area contributed by atoms with Crippen LogP contribution in [-0.2, 0) is 0 Å². The van der Waals surface area contributed by atoms with Gasteiger partial charge in [0.15, 0.2) is 11.5 Å². The maximum Gasteiger partial charge on any atom is 0.387 e. The Bertz CT molecular complexity index is 603. The number of hydrogen-bond acceptors (Lipinski definition) is 4. The molecule has 1 aliphatic carbocycles. The molecular formula is C16H21ClF2N2O3. The van der Waals surface area contributed by atoms with Gasteiger partial charge >= 0.3 is 6.61 Å². The van der Waals surface area contributed by atoms with E-state index in [1.165, 1.54) is 19.2 Å². The summed E-state index contributed by atoms with van der Waals surface area (Å²) in [7, 11) is 1.35. The van der Waals surface area contributed by atoms with E-state index in [2.05, 4.69) is 4.74 Å². The summed E-state index contributed by atoms with van der Waals surface area (Å²) in [5, 5.41) is 0. The highest BCUT2D eigenvalue weighted by atomic mass is 35.5. The van der Waals surface area contributed by atoms with Gasteiger partial charge in [0.1, 0.15) is 0 Å². The van der Waals surface area contributed by atoms with E-state index >= 15 is 0 Å². The third-order valence-electron chi connectivity index (χ3n) is 4.84. The second-order valence-corrected chi connectivity index (χ2v) is 6.09. The highest BCUT2D eigenvalue weighted by Gasteiger charge is 2.43. The number of nitrogens with zero attached hydrogens (tertiary/aromatic N) is 1. The van der Waals surface area contributed by atoms with Gasteiger partial charge in [-0.3, -0.25) is 4.79 Å². The molecule has 24 heavy (non-hydrogen) atoms. The van der Waals surface area contributed by atoms with Gasteiger partial charge in [-0.2, -0.15) is 8.78 Å². The van der Waals surface area contributed by atoms with Gasteiger partial charge in [0.2, 0.25) is 0 Å². The molecule has 3 unspecified atom stereocenters. The number of ether oxygens (including phenoxy) is 2. The summed E-state index contributed by atoms with van der Waals surface area (Å²) >= 11 is 0. The quantitative estimate of drug-likeness (QED) is 0.894. The molecule has 2 N–H and O–H groups in total. The van der Waals surface area contributed by atoms with Gasteiger partial charge in [-0.1, -0.05) is 6.07 Å². The van der Waals surface area contributed by atoms with Crippen molar-refractivity contribution in [3.05, 3.63) is 23.8 Å². The van der Waals surface area contributed by atoms with Crippen LogP contribution in [0.15, 0.2) is 18.2 Å². The molecule has 0 spiro atoms. The number of rotatable bonds is 4. The maximum absolute atomic E-state index is 12.8. The lowest BCUT2D eigenvalue weighted by Crippen LogP contribution is -2.33. The van der Waals surface area contributed by atoms with Crippen molar-refractivity contribution in [2.45, 2.75) is 25.5 Å². The lowest BCUT2D eigenvalue weighted by molar-refractivity contribution is -0.0516. The average molecular weight is 363 g/mol. The molecule has 0 bridgehead atoms. The summed E-state index contributed by atoms with van der Waals surface area (Å²) in [5.74, 6) is 0.285. The number of methoxy groups -OCH3 is 1. The van der Waals surface area contributed by atoms with Crippen molar-refractivity contribution in [3.63, 3.8) is 0 Å². The number of halogens is 3. The molecule has 3 rings (SSSR count). The minimum Gasteiger partial charge on any atom is -0.493 e. The second-order valence-electron chi connectivity index (χ2n) is 6.09. The Balaban J connectivity index is 0.00000208. The van der Waals surface area contributed by atoms with Gasteiger partial charge in [0, 0.05) is 19.1 Å². The molecule has 1 aliphatic heterocycles. The van der Waals surface area contributed by atoms with Gasteiger partial charge in [-0.05, 0) is 36.8 Å². The minimum absolute atomic E-state index is 0. The van der Waals surface area contributed by atoms with Crippen LogP contribution in [-0.4, -0.2) is 43.7 Å². The zero-order valence-electron chi connectivity index (χ0n) is 13.3. The Hall–Kier alpha value is -1.60. The molecule has 2 aliphatic rings. The largest absolute Gasteiger partial charge is 0.493 e. The maximum atomic E-state index is 12.8. The lowest BCUT2D eigenvalue weighted by atomic mass is 9.98. The summed E-state index contributed by atoms with van der Waals surface area (Å²) in [6.45, 7) is -1.84. The summed E-state index contributed by atoms with van der Waals surface area (Å²) in [5.41, 5.74) is 6.18. The normalized spacial score (nSPS) is 25.4. The summed E-state index contributed by atoms with van der Waals surface area (Å²) in [4.78, 5) is 14.4. The van der Waals surface area contributed by atoms with Crippen molar-refractivity contribution in [3.8, 4) is 11.5 Å². The first-order chi connectivity index (χ1) is 11.0. The van der Waals surface area contributed by atoms with Crippen LogP contribution in [0.4, 0.5) is 8.78 Å². The van der Waals surface area contributed by atoms with Gasteiger partial charge in [0.25, 0.3) is 5.91 Å². The number of amides is 1. The van der Waals surface area contributed by atoms with Crippen LogP contribution in [0.5, 0.6) is 11.5 Å². The average Bonchev–Trinajstić information content (AvgIpc) is 3.09. The molecule has 1 amide bonds. The molecule has 1 aromatic rings. The van der Waals surface area contributed by atoms with Crippen LogP contribution in [0, 0.1) is 11.8 Å². The summed E-state index contributed by atoms with van der Waals surface area (Å²) in [6, 6.07) is 4.67. The van der Waals surface area contributed by atoms with Crippen molar-refractivity contribution < 1.29 is 23.0 Å². The predicted octanol–water partition coefficient (Wildman–Crippen LogP) is 2.53. The van der Waals surface area contributed by atoms with Crippen molar-refractivity contribution in [2.75, 3.05) is 20.2 Å². The third-order valence-corrected chi connectivity index (χ3v) is 4.84. The molecule has 1 aromatic carbocycles. The van der Waals surface area contributed by atoms with E-state index in [0.717, 1.165) is 12.8 Å². The number of benzene rings is 1. The van der Waals surface area contributed by atoms with E-state index in [1.807, 2.05) is 0 Å². The molecule has 0 aromatic heterocycles. The molecule has 1 saturated carbocycles. The highest BCUT2D eigenvalue weighted by Crippen LogP contribution is 2.39. The summed E-state index contributed by atoms with van der Waals surface area (Å²) < 4.78 is 34.9. The summed E-state index contributed by atoms with van der Waals surface area (Å²) in [6.07, 6.45) is 1.99. The standard InChI is InChI=1S/C16H20F2N2O3.ClH/c1-22-13-4-2-3-10(14(13)23-16(17)18)15(21)20-7-9-5-6-12(19)11(9)8-20;/h2-4,9,11-12,16H,5-8,19H2,1H3;1H. The van der Waals surface area contributed by atoms with Crippen LogP contribution >= 0.6 is 12.4 Å². The first-order valence-electron chi connectivity index (χ1n) is 7.68. The fourth-order valence-electron chi connectivity index (χ4n) is 3.70. The Kier molecular flexibility index (Phi) is 5.87. The Morgan fingerprint density at radius 2 is 2.08 bits per heavy atom. The zero-order chi connectivity index (χ0) is 16.6. The number of alkyl halides is 2. The third kappa shape index (κ3) is 3.42. The Morgan fingerprint density at radius 3 is 2.71 bits per heavy atom. The van der Waals surface area contributed by atoms with Gasteiger partial charge in [-0.15, -0.1) is 12.4 Å². The molecule has 1 saturated heterocycles. The zero-order valence-corrected chi connectivity index (χ0v) is 14.1. The van der Waals surface area contributed by atoms with Gasteiger partial charge < -0.3 is 20.1 Å². The van der Waals surface area contributed by atoms with Crippen molar-refractivity contribution >= 4 is 18.3 Å². The number of carbonyl (C=O) groups is 1. The second kappa shape index (κ2) is 7.53. The predicted molar refractivity (Wildman–Crippen MR) is 87.0 cm³/mol. The van der Waals surface area contributed by atoms with Crippen molar-refractivity contribution in [1.29, 1.82) is 0 Å². The fraction of sp³-hybridized carbons (Fsp3) is 0.562. The lowest BCUT2D eigenvalue weighted by Gasteiger charge is -2.21. The van der Waals surface area contributed by atoms with Crippen LogP contribution in [0.25, 0.3) is 0 Å². The number of likely N-dealkylation sites (tertiary alicyclic amines) is 1. The molecule has 0 radical (unpaired) electrons. The molecule has 3 atom stereocenters. The smallest absolute Gasteiger partial charge is 0.387 e. The van der Waals surface area contributed by atoms with Crippen LogP contribution in [0.1, 0.15) is 23.2 Å². The molecule has 134 valence electrons. The molecule has 2 fully saturated rings. The van der Waals surface area contributed by atoms with E-state index in [4.69, 9.17) is 10.5 Å². The Morgan fingerprint density at radius 1 is 1.33 bits per heavy atom. The molecular weight excluding hydrogens is 342 g/mol. The molecule has 1 heterocycles. The van der Waals surface area contributed by atoms with E-state index in [9.17, 15) is 13.6 Å². The monoisotopic (exact) mass is 362 g/mol. The first kappa shape index (κ1) is 18.7. The minimum atomic E-state index is -3.02. The Labute approximate surface area is 145 Å². The highest BCUT2D eigenvalue weighted by molar-refractivity contribution is 5.98. The van der Waals surface area contributed by atoms with Crippen LogP contribution < -0.4 is 15.2 Å². The number of nitrogens with two attached hydrogens (primary N) is 1. The van der Waals surface area contributed by atoms with Gasteiger partial charge in [0.05, 0.1) is 12.7 Å². The number of hydrogen-bond donors (Lipinski definition) is 1. The molecule has 8 heteroatoms. The van der Waals surface area contributed by atoms with E-state index in [-0.39, 0.29) is 41.4 Å².